The molecule has 0 amide bonds. The van der Waals surface area contributed by atoms with Crippen LogP contribution in [0.15, 0.2) is 23.8 Å². The molecule has 0 spiro atoms. The molecule has 4 aliphatic rings. The molecule has 0 radical (unpaired) electrons. The Morgan fingerprint density at radius 2 is 1.75 bits per heavy atom. The van der Waals surface area contributed by atoms with Crippen LogP contribution in [0.2, 0.25) is 0 Å². The fraction of sp³-hybridized carbons (Fsp3) is 0.793. The number of esters is 1. The summed E-state index contributed by atoms with van der Waals surface area (Å²) in [5.74, 6) is 2.13. The van der Waals surface area contributed by atoms with Crippen LogP contribution in [0.4, 0.5) is 0 Å². The number of rotatable bonds is 9. The Bertz CT molecular complexity index is 764. The van der Waals surface area contributed by atoms with Crippen molar-refractivity contribution >= 4 is 11.8 Å². The summed E-state index contributed by atoms with van der Waals surface area (Å²) in [5, 5.41) is 0. The van der Waals surface area contributed by atoms with E-state index in [1.165, 1.54) is 56.9 Å². The first kappa shape index (κ1) is 23.8. The summed E-state index contributed by atoms with van der Waals surface area (Å²) >= 11 is 0. The fourth-order valence-corrected chi connectivity index (χ4v) is 7.79. The van der Waals surface area contributed by atoms with Gasteiger partial charge in [-0.25, -0.2) is 0 Å². The maximum absolute atomic E-state index is 12.6. The zero-order chi connectivity index (χ0) is 22.8. The van der Waals surface area contributed by atoms with Gasteiger partial charge in [-0.1, -0.05) is 70.9 Å². The second-order valence-corrected chi connectivity index (χ2v) is 11.6. The highest BCUT2D eigenvalue weighted by Gasteiger charge is 2.59. The average molecular weight is 441 g/mol. The number of carbonyl (C=O) groups excluding carboxylic acids is 2. The minimum Gasteiger partial charge on any atom is -0.462 e. The molecule has 0 aromatic carbocycles. The standard InChI is InChI=1S/C29H44O3/c1-4-5-6-7-8-9-10-11-27(31)32-26-15-14-24-23-13-12-21-20-22(30)16-18-28(21,2)25(23)17-19-29(24,26)3/h16,18,20,23-26H,4-15,17,19H2,1-3H3/t23-,24-,25-,26-,28-,29-/m0/s1. The topological polar surface area (TPSA) is 43.4 Å². The number of carbonyl (C=O) groups is 2. The number of hydrogen-bond donors (Lipinski definition) is 0. The lowest BCUT2D eigenvalue weighted by Crippen LogP contribution is -2.51. The smallest absolute Gasteiger partial charge is 0.306 e. The molecule has 0 aromatic heterocycles. The van der Waals surface area contributed by atoms with Gasteiger partial charge in [-0.05, 0) is 74.9 Å². The van der Waals surface area contributed by atoms with E-state index >= 15 is 0 Å². The molecule has 6 atom stereocenters. The van der Waals surface area contributed by atoms with E-state index < -0.39 is 0 Å². The van der Waals surface area contributed by atoms with Gasteiger partial charge in [0.2, 0.25) is 0 Å². The normalized spacial score (nSPS) is 38.0. The second-order valence-electron chi connectivity index (χ2n) is 11.6. The summed E-state index contributed by atoms with van der Waals surface area (Å²) in [4.78, 5) is 24.6. The Morgan fingerprint density at radius 3 is 2.53 bits per heavy atom. The van der Waals surface area contributed by atoms with Gasteiger partial charge in [-0.3, -0.25) is 9.59 Å². The number of unbranched alkanes of at least 4 members (excludes halogenated alkanes) is 6. The molecule has 3 fully saturated rings. The number of ketones is 1. The lowest BCUT2D eigenvalue weighted by atomic mass is 9.48. The van der Waals surface area contributed by atoms with E-state index in [2.05, 4.69) is 26.8 Å². The monoisotopic (exact) mass is 440 g/mol. The lowest BCUT2D eigenvalue weighted by molar-refractivity contribution is -0.159. The predicted octanol–water partition coefficient (Wildman–Crippen LogP) is 7.35. The molecule has 0 saturated heterocycles. The van der Waals surface area contributed by atoms with Gasteiger partial charge in [0, 0.05) is 17.3 Å². The van der Waals surface area contributed by atoms with Crippen molar-refractivity contribution < 1.29 is 14.3 Å². The molecule has 3 saturated carbocycles. The molecule has 178 valence electrons. The third-order valence-electron chi connectivity index (χ3n) is 9.73. The van der Waals surface area contributed by atoms with Gasteiger partial charge in [0.25, 0.3) is 0 Å². The van der Waals surface area contributed by atoms with E-state index in [9.17, 15) is 9.59 Å². The third kappa shape index (κ3) is 4.50. The van der Waals surface area contributed by atoms with Gasteiger partial charge in [0.1, 0.15) is 6.10 Å². The van der Waals surface area contributed by atoms with Crippen molar-refractivity contribution in [3.05, 3.63) is 23.8 Å². The molecule has 0 aromatic rings. The molecule has 4 aliphatic carbocycles. The van der Waals surface area contributed by atoms with Crippen molar-refractivity contribution in [3.8, 4) is 0 Å². The van der Waals surface area contributed by atoms with E-state index in [0.29, 0.717) is 24.2 Å². The van der Waals surface area contributed by atoms with Crippen LogP contribution in [-0.4, -0.2) is 17.9 Å². The van der Waals surface area contributed by atoms with Crippen LogP contribution < -0.4 is 0 Å². The SMILES string of the molecule is CCCCCCCCCC(=O)O[C@H]1CC[C@H]2[C@@H]3CCC4=CC(=O)C=C[C@]4(C)[C@H]3CC[C@]12C. The van der Waals surface area contributed by atoms with Gasteiger partial charge in [-0.2, -0.15) is 0 Å². The van der Waals surface area contributed by atoms with E-state index in [4.69, 9.17) is 4.74 Å². The molecule has 3 heteroatoms. The van der Waals surface area contributed by atoms with Crippen molar-refractivity contribution in [2.75, 3.05) is 0 Å². The van der Waals surface area contributed by atoms with Gasteiger partial charge in [0.05, 0.1) is 0 Å². The molecule has 4 rings (SSSR count). The van der Waals surface area contributed by atoms with Crippen LogP contribution in [0.1, 0.15) is 111 Å². The van der Waals surface area contributed by atoms with Crippen molar-refractivity contribution in [2.24, 2.45) is 28.6 Å². The minimum absolute atomic E-state index is 0.0297. The Hall–Kier alpha value is -1.38. The average Bonchev–Trinajstić information content (AvgIpc) is 3.10. The predicted molar refractivity (Wildman–Crippen MR) is 129 cm³/mol. The van der Waals surface area contributed by atoms with Crippen LogP contribution in [0.5, 0.6) is 0 Å². The third-order valence-corrected chi connectivity index (χ3v) is 9.73. The number of fused-ring (bicyclic) bond motifs is 5. The number of hydrogen-bond acceptors (Lipinski definition) is 3. The zero-order valence-electron chi connectivity index (χ0n) is 20.7. The summed E-state index contributed by atoms with van der Waals surface area (Å²) in [5.41, 5.74) is 1.53. The molecule has 0 N–H and O–H groups in total. The Morgan fingerprint density at radius 1 is 1.00 bits per heavy atom. The maximum atomic E-state index is 12.6. The lowest BCUT2D eigenvalue weighted by Gasteiger charge is -2.56. The van der Waals surface area contributed by atoms with Gasteiger partial charge < -0.3 is 4.74 Å². The Balaban J connectivity index is 1.31. The molecule has 0 heterocycles. The molecule has 0 aliphatic heterocycles. The summed E-state index contributed by atoms with van der Waals surface area (Å²) in [6, 6.07) is 0. The van der Waals surface area contributed by atoms with Crippen LogP contribution in [0.25, 0.3) is 0 Å². The highest BCUT2D eigenvalue weighted by Crippen LogP contribution is 2.64. The van der Waals surface area contributed by atoms with Crippen molar-refractivity contribution in [3.63, 3.8) is 0 Å². The summed E-state index contributed by atoms with van der Waals surface area (Å²) in [6.45, 7) is 7.01. The van der Waals surface area contributed by atoms with E-state index in [-0.39, 0.29) is 28.7 Å². The molecular weight excluding hydrogens is 396 g/mol. The quantitative estimate of drug-likeness (QED) is 0.278. The van der Waals surface area contributed by atoms with E-state index in [0.717, 1.165) is 32.1 Å². The highest BCUT2D eigenvalue weighted by atomic mass is 16.5. The summed E-state index contributed by atoms with van der Waals surface area (Å²) in [7, 11) is 0. The molecular formula is C29H44O3. The molecule has 32 heavy (non-hydrogen) atoms. The first-order valence-electron chi connectivity index (χ1n) is 13.5. The van der Waals surface area contributed by atoms with Gasteiger partial charge in [-0.15, -0.1) is 0 Å². The first-order chi connectivity index (χ1) is 15.4. The number of allylic oxidation sites excluding steroid dienone is 4. The van der Waals surface area contributed by atoms with Gasteiger partial charge in [0.15, 0.2) is 5.78 Å². The molecule has 0 unspecified atom stereocenters. The first-order valence-corrected chi connectivity index (χ1v) is 13.5. The fourth-order valence-electron chi connectivity index (χ4n) is 7.79. The second kappa shape index (κ2) is 9.85. The Kier molecular flexibility index (Phi) is 7.32. The van der Waals surface area contributed by atoms with E-state index in [1.54, 1.807) is 6.08 Å². The molecule has 3 nitrogen and oxygen atoms in total. The Labute approximate surface area is 195 Å². The summed E-state index contributed by atoms with van der Waals surface area (Å²) < 4.78 is 6.15. The van der Waals surface area contributed by atoms with Crippen molar-refractivity contribution in [2.45, 2.75) is 117 Å². The minimum atomic E-state index is 0.0297. The van der Waals surface area contributed by atoms with Crippen molar-refractivity contribution in [1.29, 1.82) is 0 Å². The van der Waals surface area contributed by atoms with Gasteiger partial charge >= 0.3 is 5.97 Å². The van der Waals surface area contributed by atoms with Crippen molar-refractivity contribution in [1.82, 2.24) is 0 Å². The highest BCUT2D eigenvalue weighted by molar-refractivity contribution is 6.01. The zero-order valence-corrected chi connectivity index (χ0v) is 20.7. The maximum Gasteiger partial charge on any atom is 0.306 e. The number of ether oxygens (including phenoxy) is 1. The van der Waals surface area contributed by atoms with Crippen LogP contribution in [-0.2, 0) is 14.3 Å². The largest absolute Gasteiger partial charge is 0.462 e. The summed E-state index contributed by atoms with van der Waals surface area (Å²) in [6.07, 6.45) is 22.0. The van der Waals surface area contributed by atoms with Crippen LogP contribution in [0.3, 0.4) is 0 Å². The van der Waals surface area contributed by atoms with E-state index in [1.807, 2.05) is 6.08 Å². The van der Waals surface area contributed by atoms with Crippen LogP contribution >= 0.6 is 0 Å². The molecule has 0 bridgehead atoms. The van der Waals surface area contributed by atoms with Crippen LogP contribution in [0, 0.1) is 28.6 Å².